The lowest BCUT2D eigenvalue weighted by molar-refractivity contribution is -0.123. The van der Waals surface area contributed by atoms with Crippen LogP contribution in [-0.2, 0) is 9.59 Å². The Morgan fingerprint density at radius 3 is 2.65 bits per heavy atom. The van der Waals surface area contributed by atoms with Crippen LogP contribution in [0.4, 0.5) is 10.1 Å². The Labute approximate surface area is 156 Å². The molecule has 1 fully saturated rings. The van der Waals surface area contributed by atoms with Crippen LogP contribution < -0.4 is 10.2 Å². The second kappa shape index (κ2) is 8.19. The van der Waals surface area contributed by atoms with Gasteiger partial charge in [-0.05, 0) is 48.6 Å². The van der Waals surface area contributed by atoms with Crippen LogP contribution in [0.1, 0.15) is 12.0 Å². The van der Waals surface area contributed by atoms with Gasteiger partial charge in [0.1, 0.15) is 11.9 Å². The number of hydrogen-bond donors (Lipinski definition) is 1. The topological polar surface area (TPSA) is 49.4 Å². The lowest BCUT2D eigenvalue weighted by atomic mass is 10.2. The van der Waals surface area contributed by atoms with Gasteiger partial charge in [0.15, 0.2) is 0 Å². The standard InChI is InChI=1S/C20H19FN2O2S/c1-26-15-9-6-14(7-10-15)8-11-19(24)22-17-12-13-23(20(17)25)18-5-3-2-4-16(18)21/h2-11,17H,12-13H2,1H3,(H,22,24)/b11-8+. The van der Waals surface area contributed by atoms with Gasteiger partial charge >= 0.3 is 0 Å². The molecule has 1 heterocycles. The number of nitrogens with one attached hydrogen (secondary N) is 1. The maximum atomic E-state index is 13.9. The molecule has 26 heavy (non-hydrogen) atoms. The van der Waals surface area contributed by atoms with Gasteiger partial charge in [-0.2, -0.15) is 0 Å². The van der Waals surface area contributed by atoms with Crippen molar-refractivity contribution in [2.24, 2.45) is 0 Å². The van der Waals surface area contributed by atoms with E-state index in [1.807, 2.05) is 30.5 Å². The number of carbonyl (C=O) groups excluding carboxylic acids is 2. The molecule has 2 aromatic rings. The monoisotopic (exact) mass is 370 g/mol. The van der Waals surface area contributed by atoms with Crippen molar-refractivity contribution in [2.45, 2.75) is 17.4 Å². The first-order valence-corrected chi connectivity index (χ1v) is 9.49. The fraction of sp³-hybridized carbons (Fsp3) is 0.200. The molecular weight excluding hydrogens is 351 g/mol. The minimum atomic E-state index is -0.634. The number of para-hydroxylation sites is 1. The van der Waals surface area contributed by atoms with Crippen LogP contribution in [0.25, 0.3) is 6.08 Å². The maximum absolute atomic E-state index is 13.9. The normalized spacial score (nSPS) is 17.1. The van der Waals surface area contributed by atoms with E-state index >= 15 is 0 Å². The molecular formula is C20H19FN2O2S. The van der Waals surface area contributed by atoms with Crippen molar-refractivity contribution in [3.63, 3.8) is 0 Å². The quantitative estimate of drug-likeness (QED) is 0.648. The SMILES string of the molecule is CSc1ccc(/C=C/C(=O)NC2CCN(c3ccccc3F)C2=O)cc1. The molecule has 0 radical (unpaired) electrons. The van der Waals surface area contributed by atoms with E-state index in [-0.39, 0.29) is 17.5 Å². The second-order valence-corrected chi connectivity index (χ2v) is 6.78. The zero-order chi connectivity index (χ0) is 18.5. The molecule has 4 nitrogen and oxygen atoms in total. The Morgan fingerprint density at radius 1 is 1.23 bits per heavy atom. The van der Waals surface area contributed by atoms with E-state index in [1.165, 1.54) is 17.0 Å². The van der Waals surface area contributed by atoms with Gasteiger partial charge in [0.25, 0.3) is 0 Å². The average molecular weight is 370 g/mol. The number of rotatable bonds is 5. The summed E-state index contributed by atoms with van der Waals surface area (Å²) < 4.78 is 13.9. The van der Waals surface area contributed by atoms with Crippen molar-refractivity contribution >= 4 is 35.3 Å². The molecule has 134 valence electrons. The highest BCUT2D eigenvalue weighted by Crippen LogP contribution is 2.24. The lowest BCUT2D eigenvalue weighted by Gasteiger charge is -2.17. The van der Waals surface area contributed by atoms with Crippen molar-refractivity contribution in [1.29, 1.82) is 0 Å². The fourth-order valence-corrected chi connectivity index (χ4v) is 3.24. The van der Waals surface area contributed by atoms with E-state index in [0.29, 0.717) is 13.0 Å². The molecule has 3 rings (SSSR count). The Morgan fingerprint density at radius 2 is 1.96 bits per heavy atom. The third-order valence-electron chi connectivity index (χ3n) is 4.21. The van der Waals surface area contributed by atoms with Gasteiger partial charge < -0.3 is 10.2 Å². The summed E-state index contributed by atoms with van der Waals surface area (Å²) in [4.78, 5) is 27.1. The van der Waals surface area contributed by atoms with Gasteiger partial charge in [-0.3, -0.25) is 9.59 Å². The third-order valence-corrected chi connectivity index (χ3v) is 4.95. The number of carbonyl (C=O) groups is 2. The van der Waals surface area contributed by atoms with Gasteiger partial charge in [0, 0.05) is 17.5 Å². The van der Waals surface area contributed by atoms with Crippen LogP contribution in [0, 0.1) is 5.82 Å². The highest BCUT2D eigenvalue weighted by molar-refractivity contribution is 7.98. The van der Waals surface area contributed by atoms with Gasteiger partial charge in [-0.15, -0.1) is 11.8 Å². The zero-order valence-corrected chi connectivity index (χ0v) is 15.1. The molecule has 0 bridgehead atoms. The summed E-state index contributed by atoms with van der Waals surface area (Å²) in [6, 6.07) is 13.3. The Hall–Kier alpha value is -2.60. The number of halogens is 1. The summed E-state index contributed by atoms with van der Waals surface area (Å²) in [6.07, 6.45) is 5.57. The molecule has 1 N–H and O–H groups in total. The fourth-order valence-electron chi connectivity index (χ4n) is 2.83. The summed E-state index contributed by atoms with van der Waals surface area (Å²) in [5, 5.41) is 2.70. The molecule has 1 saturated heterocycles. The highest BCUT2D eigenvalue weighted by Gasteiger charge is 2.34. The van der Waals surface area contributed by atoms with Gasteiger partial charge in [0.05, 0.1) is 5.69 Å². The van der Waals surface area contributed by atoms with Crippen molar-refractivity contribution in [2.75, 3.05) is 17.7 Å². The van der Waals surface area contributed by atoms with Crippen LogP contribution >= 0.6 is 11.8 Å². The van der Waals surface area contributed by atoms with Crippen LogP contribution in [0.3, 0.4) is 0 Å². The number of thioether (sulfide) groups is 1. The Balaban J connectivity index is 1.60. The van der Waals surface area contributed by atoms with E-state index in [4.69, 9.17) is 0 Å². The van der Waals surface area contributed by atoms with Gasteiger partial charge in [0.2, 0.25) is 11.8 Å². The average Bonchev–Trinajstić information content (AvgIpc) is 3.01. The first-order valence-electron chi connectivity index (χ1n) is 8.27. The molecule has 6 heteroatoms. The van der Waals surface area contributed by atoms with Gasteiger partial charge in [-0.1, -0.05) is 24.3 Å². The maximum Gasteiger partial charge on any atom is 0.249 e. The molecule has 0 saturated carbocycles. The van der Waals surface area contributed by atoms with Crippen molar-refractivity contribution in [1.82, 2.24) is 5.32 Å². The molecule has 1 unspecified atom stereocenters. The van der Waals surface area contributed by atoms with Crippen molar-refractivity contribution in [3.8, 4) is 0 Å². The smallest absolute Gasteiger partial charge is 0.249 e. The van der Waals surface area contributed by atoms with Crippen LogP contribution in [0.2, 0.25) is 0 Å². The zero-order valence-electron chi connectivity index (χ0n) is 14.3. The molecule has 1 atom stereocenters. The first kappa shape index (κ1) is 18.2. The van der Waals surface area contributed by atoms with Crippen molar-refractivity contribution < 1.29 is 14.0 Å². The number of benzene rings is 2. The summed E-state index contributed by atoms with van der Waals surface area (Å²) in [6.45, 7) is 0.380. The molecule has 2 aromatic carbocycles. The lowest BCUT2D eigenvalue weighted by Crippen LogP contribution is -2.41. The second-order valence-electron chi connectivity index (χ2n) is 5.90. The van der Waals surface area contributed by atoms with Crippen molar-refractivity contribution in [3.05, 3.63) is 66.0 Å². The first-order chi connectivity index (χ1) is 12.6. The highest BCUT2D eigenvalue weighted by atomic mass is 32.2. The summed E-state index contributed by atoms with van der Waals surface area (Å²) in [5.74, 6) is -1.07. The summed E-state index contributed by atoms with van der Waals surface area (Å²) >= 11 is 1.65. The third kappa shape index (κ3) is 4.14. The largest absolute Gasteiger partial charge is 0.341 e. The van der Waals surface area contributed by atoms with E-state index in [2.05, 4.69) is 5.32 Å². The summed E-state index contributed by atoms with van der Waals surface area (Å²) in [7, 11) is 0. The summed E-state index contributed by atoms with van der Waals surface area (Å²) in [5.41, 5.74) is 1.15. The predicted octanol–water partition coefficient (Wildman–Crippen LogP) is 3.48. The van der Waals surface area contributed by atoms with Crippen LogP contribution in [0.5, 0.6) is 0 Å². The van der Waals surface area contributed by atoms with Crippen LogP contribution in [-0.4, -0.2) is 30.7 Å². The Bertz CT molecular complexity index is 836. The molecule has 1 aliphatic heterocycles. The predicted molar refractivity (Wildman–Crippen MR) is 103 cm³/mol. The van der Waals surface area contributed by atoms with E-state index in [0.717, 1.165) is 10.5 Å². The number of amides is 2. The molecule has 0 aliphatic carbocycles. The number of hydrogen-bond acceptors (Lipinski definition) is 3. The Kier molecular flexibility index (Phi) is 5.73. The van der Waals surface area contributed by atoms with Gasteiger partial charge in [-0.25, -0.2) is 4.39 Å². The minimum absolute atomic E-state index is 0.249. The van der Waals surface area contributed by atoms with E-state index in [9.17, 15) is 14.0 Å². The van der Waals surface area contributed by atoms with E-state index in [1.54, 1.807) is 36.0 Å². The number of anilines is 1. The number of nitrogens with zero attached hydrogens (tertiary/aromatic N) is 1. The minimum Gasteiger partial charge on any atom is -0.341 e. The van der Waals surface area contributed by atoms with E-state index < -0.39 is 11.9 Å². The molecule has 0 spiro atoms. The molecule has 2 amide bonds. The molecule has 1 aliphatic rings. The van der Waals surface area contributed by atoms with Crippen LogP contribution in [0.15, 0.2) is 59.5 Å². The molecule has 0 aromatic heterocycles.